The van der Waals surface area contributed by atoms with Crippen molar-refractivity contribution in [2.75, 3.05) is 18.4 Å². The van der Waals surface area contributed by atoms with Gasteiger partial charge >= 0.3 is 0 Å². The Balaban J connectivity index is 1.49. The van der Waals surface area contributed by atoms with Gasteiger partial charge in [-0.3, -0.25) is 19.3 Å². The van der Waals surface area contributed by atoms with Gasteiger partial charge in [-0.25, -0.2) is 4.39 Å². The number of aromatic nitrogens is 4. The maximum Gasteiger partial charge on any atom is 0.263 e. The number of H-pyrrole nitrogens is 1. The highest BCUT2D eigenvalue weighted by atomic mass is 19.1. The predicted molar refractivity (Wildman–Crippen MR) is 90.7 cm³/mol. The van der Waals surface area contributed by atoms with Crippen LogP contribution in [0.25, 0.3) is 11.0 Å². The van der Waals surface area contributed by atoms with E-state index in [-0.39, 0.29) is 23.7 Å². The number of nitrogens with zero attached hydrogens (tertiary/aromatic N) is 3. The monoisotopic (exact) mass is 344 g/mol. The number of halogens is 1. The van der Waals surface area contributed by atoms with E-state index in [0.29, 0.717) is 30.1 Å². The molecule has 2 heterocycles. The van der Waals surface area contributed by atoms with Gasteiger partial charge in [0.25, 0.3) is 5.56 Å². The number of aromatic amines is 1. The van der Waals surface area contributed by atoms with Gasteiger partial charge in [0.15, 0.2) is 5.65 Å². The Kier molecular flexibility index (Phi) is 4.73. The molecular formula is C16H17FN6O2. The topological polar surface area (TPSA) is 105 Å². The minimum atomic E-state index is -0.333. The van der Waals surface area contributed by atoms with E-state index in [1.165, 1.54) is 23.0 Å². The van der Waals surface area contributed by atoms with Crippen LogP contribution in [0.5, 0.6) is 0 Å². The predicted octanol–water partition coefficient (Wildman–Crippen LogP) is 0.566. The van der Waals surface area contributed by atoms with Crippen LogP contribution in [0.2, 0.25) is 0 Å². The van der Waals surface area contributed by atoms with Gasteiger partial charge in [0.2, 0.25) is 11.9 Å². The molecule has 0 aliphatic rings. The molecule has 9 heteroatoms. The summed E-state index contributed by atoms with van der Waals surface area (Å²) in [6.45, 7) is 0.745. The molecule has 3 aromatic rings. The zero-order valence-corrected chi connectivity index (χ0v) is 13.5. The molecule has 0 aliphatic carbocycles. The number of fused-ring (bicyclic) bond motifs is 1. The van der Waals surface area contributed by atoms with Crippen molar-refractivity contribution in [3.8, 4) is 0 Å². The van der Waals surface area contributed by atoms with Crippen molar-refractivity contribution in [2.45, 2.75) is 6.42 Å². The van der Waals surface area contributed by atoms with Crippen LogP contribution >= 0.6 is 0 Å². The van der Waals surface area contributed by atoms with Gasteiger partial charge in [-0.05, 0) is 17.7 Å². The van der Waals surface area contributed by atoms with Crippen molar-refractivity contribution in [3.63, 3.8) is 0 Å². The van der Waals surface area contributed by atoms with Crippen LogP contribution in [0.15, 0.2) is 35.3 Å². The summed E-state index contributed by atoms with van der Waals surface area (Å²) in [6, 6.07) is 5.79. The second-order valence-corrected chi connectivity index (χ2v) is 5.50. The molecule has 2 aromatic heterocycles. The summed E-state index contributed by atoms with van der Waals surface area (Å²) in [7, 11) is 1.70. The Labute approximate surface area is 142 Å². The number of benzene rings is 1. The molecule has 0 aliphatic heterocycles. The van der Waals surface area contributed by atoms with Crippen LogP contribution in [0.1, 0.15) is 5.56 Å². The standard InChI is InChI=1S/C16H17FN6O2/c1-23-14-12(9-20-23)15(25)22-16(21-14)19-7-6-18-13(24)8-10-2-4-11(17)5-3-10/h2-5,9H,6-8H2,1H3,(H,18,24)(H2,19,21,22,25). The third-order valence-electron chi connectivity index (χ3n) is 3.62. The van der Waals surface area contributed by atoms with Gasteiger partial charge in [0.05, 0.1) is 12.6 Å². The highest BCUT2D eigenvalue weighted by molar-refractivity contribution is 5.78. The maximum atomic E-state index is 12.8. The number of carbonyl (C=O) groups is 1. The first-order chi connectivity index (χ1) is 12.0. The van der Waals surface area contributed by atoms with Crippen molar-refractivity contribution in [1.29, 1.82) is 0 Å². The normalized spacial score (nSPS) is 10.8. The molecule has 1 aromatic carbocycles. The highest BCUT2D eigenvalue weighted by Crippen LogP contribution is 2.06. The summed E-state index contributed by atoms with van der Waals surface area (Å²) in [4.78, 5) is 30.6. The average molecular weight is 344 g/mol. The van der Waals surface area contributed by atoms with E-state index in [2.05, 4.69) is 25.7 Å². The van der Waals surface area contributed by atoms with E-state index in [0.717, 1.165) is 5.56 Å². The molecule has 0 atom stereocenters. The van der Waals surface area contributed by atoms with Gasteiger partial charge in [-0.2, -0.15) is 10.1 Å². The molecule has 0 bridgehead atoms. The van der Waals surface area contributed by atoms with Crippen LogP contribution in [0.4, 0.5) is 10.3 Å². The van der Waals surface area contributed by atoms with Crippen LogP contribution in [-0.4, -0.2) is 38.7 Å². The second-order valence-electron chi connectivity index (χ2n) is 5.50. The molecule has 0 fully saturated rings. The van der Waals surface area contributed by atoms with Crippen molar-refractivity contribution in [1.82, 2.24) is 25.1 Å². The summed E-state index contributed by atoms with van der Waals surface area (Å²) in [5, 5.41) is 10.1. The fraction of sp³-hybridized carbons (Fsp3) is 0.250. The average Bonchev–Trinajstić information content (AvgIpc) is 2.96. The molecule has 0 radical (unpaired) electrons. The van der Waals surface area contributed by atoms with E-state index in [1.807, 2.05) is 0 Å². The molecule has 0 saturated carbocycles. The molecule has 3 N–H and O–H groups in total. The number of hydrogen-bond donors (Lipinski definition) is 3. The van der Waals surface area contributed by atoms with Gasteiger partial charge in [0, 0.05) is 20.1 Å². The molecule has 1 amide bonds. The quantitative estimate of drug-likeness (QED) is 0.567. The van der Waals surface area contributed by atoms with Crippen molar-refractivity contribution < 1.29 is 9.18 Å². The van der Waals surface area contributed by atoms with Crippen LogP contribution in [0, 0.1) is 5.82 Å². The summed E-state index contributed by atoms with van der Waals surface area (Å²) in [6.07, 6.45) is 1.64. The van der Waals surface area contributed by atoms with E-state index in [4.69, 9.17) is 0 Å². The highest BCUT2D eigenvalue weighted by Gasteiger charge is 2.08. The van der Waals surface area contributed by atoms with E-state index in [9.17, 15) is 14.0 Å². The lowest BCUT2D eigenvalue weighted by atomic mass is 10.1. The zero-order chi connectivity index (χ0) is 17.8. The fourth-order valence-electron chi connectivity index (χ4n) is 2.35. The smallest absolute Gasteiger partial charge is 0.263 e. The molecule has 130 valence electrons. The van der Waals surface area contributed by atoms with Crippen molar-refractivity contribution in [3.05, 3.63) is 52.2 Å². The lowest BCUT2D eigenvalue weighted by molar-refractivity contribution is -0.120. The Morgan fingerprint density at radius 1 is 1.28 bits per heavy atom. The first-order valence-corrected chi connectivity index (χ1v) is 7.70. The lowest BCUT2D eigenvalue weighted by Gasteiger charge is -2.07. The third kappa shape index (κ3) is 4.00. The number of hydrogen-bond acceptors (Lipinski definition) is 5. The SMILES string of the molecule is Cn1ncc2c(=O)[nH]c(NCCNC(=O)Cc3ccc(F)cc3)nc21. The number of nitrogens with one attached hydrogen (secondary N) is 3. The van der Waals surface area contributed by atoms with Gasteiger partial charge in [0.1, 0.15) is 11.2 Å². The summed E-state index contributed by atoms with van der Waals surface area (Å²) >= 11 is 0. The molecule has 25 heavy (non-hydrogen) atoms. The molecule has 0 unspecified atom stereocenters. The molecule has 3 rings (SSSR count). The maximum absolute atomic E-state index is 12.8. The van der Waals surface area contributed by atoms with E-state index in [1.54, 1.807) is 19.2 Å². The lowest BCUT2D eigenvalue weighted by Crippen LogP contribution is -2.30. The Hall–Kier alpha value is -3.23. The largest absolute Gasteiger partial charge is 0.354 e. The molecular weight excluding hydrogens is 327 g/mol. The number of anilines is 1. The number of carbonyl (C=O) groups excluding carboxylic acids is 1. The van der Waals surface area contributed by atoms with E-state index >= 15 is 0 Å². The first-order valence-electron chi connectivity index (χ1n) is 7.70. The van der Waals surface area contributed by atoms with Crippen LogP contribution in [-0.2, 0) is 18.3 Å². The Morgan fingerprint density at radius 3 is 2.80 bits per heavy atom. The number of amides is 1. The summed E-state index contributed by atoms with van der Waals surface area (Å²) < 4.78 is 14.3. The number of rotatable bonds is 6. The van der Waals surface area contributed by atoms with Gasteiger partial charge < -0.3 is 10.6 Å². The fourth-order valence-corrected chi connectivity index (χ4v) is 2.35. The molecule has 8 nitrogen and oxygen atoms in total. The van der Waals surface area contributed by atoms with Crippen LogP contribution < -0.4 is 16.2 Å². The zero-order valence-electron chi connectivity index (χ0n) is 13.5. The molecule has 0 spiro atoms. The Bertz CT molecular complexity index is 947. The van der Waals surface area contributed by atoms with Gasteiger partial charge in [-0.15, -0.1) is 0 Å². The van der Waals surface area contributed by atoms with E-state index < -0.39 is 0 Å². The minimum Gasteiger partial charge on any atom is -0.354 e. The van der Waals surface area contributed by atoms with Crippen molar-refractivity contribution in [2.24, 2.45) is 7.05 Å². The first kappa shape index (κ1) is 16.6. The van der Waals surface area contributed by atoms with Gasteiger partial charge in [-0.1, -0.05) is 12.1 Å². The second kappa shape index (κ2) is 7.12. The Morgan fingerprint density at radius 2 is 2.04 bits per heavy atom. The number of aryl methyl sites for hydroxylation is 1. The molecule has 0 saturated heterocycles. The van der Waals surface area contributed by atoms with Crippen LogP contribution in [0.3, 0.4) is 0 Å². The summed E-state index contributed by atoms with van der Waals surface area (Å²) in [5.41, 5.74) is 0.937. The summed E-state index contributed by atoms with van der Waals surface area (Å²) in [5.74, 6) is -0.189. The minimum absolute atomic E-state index is 0.169. The van der Waals surface area contributed by atoms with Crippen molar-refractivity contribution >= 4 is 22.9 Å². The third-order valence-corrected chi connectivity index (χ3v) is 3.62.